The number of aryl methyl sites for hydroxylation is 1. The molecule has 0 bridgehead atoms. The first kappa shape index (κ1) is 12.2. The number of benzene rings is 1. The van der Waals surface area contributed by atoms with E-state index in [-0.39, 0.29) is 17.4 Å². The van der Waals surface area contributed by atoms with E-state index in [0.29, 0.717) is 11.3 Å². The van der Waals surface area contributed by atoms with Crippen molar-refractivity contribution < 1.29 is 14.7 Å². The molecule has 1 aromatic rings. The van der Waals surface area contributed by atoms with Crippen molar-refractivity contribution in [2.75, 3.05) is 5.32 Å². The number of carbonyl (C=O) groups is 2. The molecule has 16 heavy (non-hydrogen) atoms. The summed E-state index contributed by atoms with van der Waals surface area (Å²) >= 11 is 0. The molecule has 0 aliphatic heterocycles. The summed E-state index contributed by atoms with van der Waals surface area (Å²) in [6.07, 6.45) is 0. The highest BCUT2D eigenvalue weighted by Crippen LogP contribution is 2.20. The fourth-order valence-electron chi connectivity index (χ4n) is 1.33. The summed E-state index contributed by atoms with van der Waals surface area (Å²) < 4.78 is 0. The van der Waals surface area contributed by atoms with Gasteiger partial charge in [0.15, 0.2) is 0 Å². The summed E-state index contributed by atoms with van der Waals surface area (Å²) in [4.78, 5) is 22.5. The molecule has 0 atom stereocenters. The fraction of sp³-hybridized carbons (Fsp3) is 0.333. The number of carboxylic acids is 1. The van der Waals surface area contributed by atoms with Crippen molar-refractivity contribution in [2.24, 2.45) is 5.92 Å². The van der Waals surface area contributed by atoms with Crippen LogP contribution in [-0.4, -0.2) is 17.0 Å². The zero-order chi connectivity index (χ0) is 12.3. The Balaban J connectivity index is 3.09. The second-order valence-electron chi connectivity index (χ2n) is 3.95. The van der Waals surface area contributed by atoms with Gasteiger partial charge in [0.05, 0.1) is 11.3 Å². The third kappa shape index (κ3) is 2.59. The van der Waals surface area contributed by atoms with Crippen molar-refractivity contribution in [1.82, 2.24) is 0 Å². The second kappa shape index (κ2) is 4.79. The van der Waals surface area contributed by atoms with Crippen molar-refractivity contribution in [3.05, 3.63) is 29.3 Å². The molecule has 1 aromatic carbocycles. The molecule has 0 fully saturated rings. The zero-order valence-electron chi connectivity index (χ0n) is 9.57. The molecule has 0 saturated heterocycles. The molecule has 0 aromatic heterocycles. The SMILES string of the molecule is Cc1cccc(NC(=O)C(C)C)c1C(=O)O. The molecule has 0 spiro atoms. The standard InChI is InChI=1S/C12H15NO3/c1-7(2)11(14)13-9-6-4-5-8(3)10(9)12(15)16/h4-7H,1-3H3,(H,13,14)(H,15,16). The van der Waals surface area contributed by atoms with Gasteiger partial charge in [-0.3, -0.25) is 4.79 Å². The molecule has 0 heterocycles. The van der Waals surface area contributed by atoms with Crippen molar-refractivity contribution in [3.63, 3.8) is 0 Å². The monoisotopic (exact) mass is 221 g/mol. The Bertz CT molecular complexity index is 424. The topological polar surface area (TPSA) is 66.4 Å². The van der Waals surface area contributed by atoms with Gasteiger partial charge in [-0.1, -0.05) is 26.0 Å². The number of anilines is 1. The average Bonchev–Trinajstić information content (AvgIpc) is 2.16. The quantitative estimate of drug-likeness (QED) is 0.822. The van der Waals surface area contributed by atoms with Gasteiger partial charge in [-0.2, -0.15) is 0 Å². The average molecular weight is 221 g/mol. The number of hydrogen-bond acceptors (Lipinski definition) is 2. The van der Waals surface area contributed by atoms with Gasteiger partial charge in [-0.05, 0) is 18.6 Å². The lowest BCUT2D eigenvalue weighted by Gasteiger charge is -2.11. The third-order valence-corrected chi connectivity index (χ3v) is 2.27. The van der Waals surface area contributed by atoms with E-state index in [2.05, 4.69) is 5.32 Å². The molecule has 4 nitrogen and oxygen atoms in total. The van der Waals surface area contributed by atoms with Crippen LogP contribution in [-0.2, 0) is 4.79 Å². The smallest absolute Gasteiger partial charge is 0.338 e. The summed E-state index contributed by atoms with van der Waals surface area (Å²) in [6.45, 7) is 5.21. The molecule has 4 heteroatoms. The first-order valence-electron chi connectivity index (χ1n) is 5.07. The molecule has 0 saturated carbocycles. The van der Waals surface area contributed by atoms with Crippen LogP contribution in [0.2, 0.25) is 0 Å². The van der Waals surface area contributed by atoms with Gasteiger partial charge in [0.1, 0.15) is 0 Å². The van der Waals surface area contributed by atoms with Gasteiger partial charge < -0.3 is 10.4 Å². The van der Waals surface area contributed by atoms with E-state index in [1.807, 2.05) is 0 Å². The van der Waals surface area contributed by atoms with E-state index in [4.69, 9.17) is 5.11 Å². The number of rotatable bonds is 3. The Labute approximate surface area is 94.3 Å². The molecule has 86 valence electrons. The molecule has 0 aliphatic carbocycles. The molecule has 2 N–H and O–H groups in total. The summed E-state index contributed by atoms with van der Waals surface area (Å²) in [5.74, 6) is -1.40. The highest BCUT2D eigenvalue weighted by Gasteiger charge is 2.15. The lowest BCUT2D eigenvalue weighted by molar-refractivity contribution is -0.118. The second-order valence-corrected chi connectivity index (χ2v) is 3.95. The van der Waals surface area contributed by atoms with E-state index in [1.54, 1.807) is 39.0 Å². The molecule has 1 rings (SSSR count). The predicted octanol–water partition coefficient (Wildman–Crippen LogP) is 2.29. The van der Waals surface area contributed by atoms with Crippen LogP contribution in [0.25, 0.3) is 0 Å². The number of hydrogen-bond donors (Lipinski definition) is 2. The van der Waals surface area contributed by atoms with Crippen molar-refractivity contribution in [3.8, 4) is 0 Å². The van der Waals surface area contributed by atoms with E-state index in [1.165, 1.54) is 0 Å². The summed E-state index contributed by atoms with van der Waals surface area (Å²) in [6, 6.07) is 5.02. The van der Waals surface area contributed by atoms with E-state index < -0.39 is 5.97 Å². The Hall–Kier alpha value is -1.84. The Morgan fingerprint density at radius 1 is 1.31 bits per heavy atom. The molecule has 1 amide bonds. The first-order chi connectivity index (χ1) is 7.43. The number of carbonyl (C=O) groups excluding carboxylic acids is 1. The molecule has 0 radical (unpaired) electrons. The van der Waals surface area contributed by atoms with Gasteiger partial charge in [-0.15, -0.1) is 0 Å². The lowest BCUT2D eigenvalue weighted by Crippen LogP contribution is -2.20. The first-order valence-corrected chi connectivity index (χ1v) is 5.07. The zero-order valence-corrected chi connectivity index (χ0v) is 9.57. The van der Waals surface area contributed by atoms with Crippen LogP contribution in [0, 0.1) is 12.8 Å². The normalized spacial score (nSPS) is 10.2. The molecule has 0 unspecified atom stereocenters. The van der Waals surface area contributed by atoms with Crippen molar-refractivity contribution in [2.45, 2.75) is 20.8 Å². The van der Waals surface area contributed by atoms with Crippen LogP contribution < -0.4 is 5.32 Å². The Kier molecular flexibility index (Phi) is 3.66. The fourth-order valence-corrected chi connectivity index (χ4v) is 1.33. The van der Waals surface area contributed by atoms with Gasteiger partial charge in [0.2, 0.25) is 5.91 Å². The van der Waals surface area contributed by atoms with Crippen LogP contribution in [0.4, 0.5) is 5.69 Å². The maximum Gasteiger partial charge on any atom is 0.338 e. The third-order valence-electron chi connectivity index (χ3n) is 2.27. The maximum absolute atomic E-state index is 11.5. The number of nitrogens with one attached hydrogen (secondary N) is 1. The summed E-state index contributed by atoms with van der Waals surface area (Å²) in [5.41, 5.74) is 1.14. The van der Waals surface area contributed by atoms with Crippen LogP contribution in [0.15, 0.2) is 18.2 Å². The van der Waals surface area contributed by atoms with E-state index in [9.17, 15) is 9.59 Å². The molecular weight excluding hydrogens is 206 g/mol. The molecular formula is C12H15NO3. The van der Waals surface area contributed by atoms with Crippen molar-refractivity contribution in [1.29, 1.82) is 0 Å². The Morgan fingerprint density at radius 2 is 1.94 bits per heavy atom. The lowest BCUT2D eigenvalue weighted by atomic mass is 10.1. The number of aromatic carboxylic acids is 1. The maximum atomic E-state index is 11.5. The van der Waals surface area contributed by atoms with Gasteiger partial charge in [0, 0.05) is 5.92 Å². The minimum absolute atomic E-state index is 0.150. The molecule has 0 aliphatic rings. The summed E-state index contributed by atoms with van der Waals surface area (Å²) in [5, 5.41) is 11.7. The number of amides is 1. The predicted molar refractivity (Wildman–Crippen MR) is 61.6 cm³/mol. The van der Waals surface area contributed by atoms with Crippen LogP contribution in [0.5, 0.6) is 0 Å². The highest BCUT2D eigenvalue weighted by molar-refractivity contribution is 6.01. The largest absolute Gasteiger partial charge is 0.478 e. The van der Waals surface area contributed by atoms with Crippen molar-refractivity contribution >= 4 is 17.6 Å². The van der Waals surface area contributed by atoms with E-state index >= 15 is 0 Å². The van der Waals surface area contributed by atoms with Crippen LogP contribution >= 0.6 is 0 Å². The number of carboxylic acid groups (broad SMARTS) is 1. The van der Waals surface area contributed by atoms with Gasteiger partial charge in [0.25, 0.3) is 0 Å². The summed E-state index contributed by atoms with van der Waals surface area (Å²) in [7, 11) is 0. The minimum Gasteiger partial charge on any atom is -0.478 e. The Morgan fingerprint density at radius 3 is 2.44 bits per heavy atom. The van der Waals surface area contributed by atoms with Gasteiger partial charge in [-0.25, -0.2) is 4.79 Å². The van der Waals surface area contributed by atoms with Crippen LogP contribution in [0.1, 0.15) is 29.8 Å². The minimum atomic E-state index is -1.03. The van der Waals surface area contributed by atoms with Crippen LogP contribution in [0.3, 0.4) is 0 Å². The van der Waals surface area contributed by atoms with E-state index in [0.717, 1.165) is 0 Å². The van der Waals surface area contributed by atoms with Gasteiger partial charge >= 0.3 is 5.97 Å². The highest BCUT2D eigenvalue weighted by atomic mass is 16.4.